The van der Waals surface area contributed by atoms with Gasteiger partial charge in [-0.1, -0.05) is 30.3 Å². The quantitative estimate of drug-likeness (QED) is 0.375. The van der Waals surface area contributed by atoms with Gasteiger partial charge >= 0.3 is 0 Å². The summed E-state index contributed by atoms with van der Waals surface area (Å²) < 4.78 is 0. The van der Waals surface area contributed by atoms with Gasteiger partial charge in [-0.2, -0.15) is 4.98 Å². The minimum absolute atomic E-state index is 0.300. The second kappa shape index (κ2) is 8.84. The average Bonchev–Trinajstić information content (AvgIpc) is 2.66. The fourth-order valence-corrected chi connectivity index (χ4v) is 2.88. The number of halogens is 1. The first-order valence-electron chi connectivity index (χ1n) is 8.58. The van der Waals surface area contributed by atoms with Gasteiger partial charge in [0.1, 0.15) is 11.3 Å². The highest BCUT2D eigenvalue weighted by molar-refractivity contribution is 6.33. The number of rotatable bonds is 7. The predicted molar refractivity (Wildman–Crippen MR) is 106 cm³/mol. The van der Waals surface area contributed by atoms with Crippen LogP contribution in [0.1, 0.15) is 12.8 Å². The number of aliphatic hydroxyl groups is 1. The lowest BCUT2D eigenvalue weighted by Crippen LogP contribution is -2.38. The highest BCUT2D eigenvalue weighted by Gasteiger charge is 2.15. The van der Waals surface area contributed by atoms with E-state index in [1.54, 1.807) is 6.20 Å². The number of nitrogens with zero attached hydrogens (tertiary/aromatic N) is 2. The molecule has 7 nitrogen and oxygen atoms in total. The molecule has 26 heavy (non-hydrogen) atoms. The van der Waals surface area contributed by atoms with E-state index in [-0.39, 0.29) is 0 Å². The summed E-state index contributed by atoms with van der Waals surface area (Å²) in [6, 6.07) is 7.77. The maximum Gasteiger partial charge on any atom is 0.224 e. The number of aliphatic hydroxyl groups excluding tert-OH is 1. The van der Waals surface area contributed by atoms with Crippen molar-refractivity contribution in [3.63, 3.8) is 0 Å². The molecule has 0 bridgehead atoms. The molecule has 2 heterocycles. The molecule has 1 fully saturated rings. The second-order valence-corrected chi connectivity index (χ2v) is 6.48. The summed E-state index contributed by atoms with van der Waals surface area (Å²) >= 11 is 6.26. The molecule has 2 unspecified atom stereocenters. The molecule has 1 saturated heterocycles. The predicted octanol–water partition coefficient (Wildman–Crippen LogP) is 2.95. The van der Waals surface area contributed by atoms with Crippen molar-refractivity contribution < 1.29 is 5.11 Å². The molecule has 0 aliphatic carbocycles. The third-order valence-electron chi connectivity index (χ3n) is 4.08. The molecule has 3 rings (SSSR count). The third kappa shape index (κ3) is 4.85. The fourth-order valence-electron chi connectivity index (χ4n) is 2.75. The molecule has 8 heteroatoms. The van der Waals surface area contributed by atoms with Crippen LogP contribution in [0.25, 0.3) is 0 Å². The van der Waals surface area contributed by atoms with Crippen LogP contribution in [0.2, 0.25) is 5.02 Å². The van der Waals surface area contributed by atoms with Gasteiger partial charge in [0.05, 0.1) is 17.6 Å². The van der Waals surface area contributed by atoms with Crippen LogP contribution >= 0.6 is 11.6 Å². The van der Waals surface area contributed by atoms with Gasteiger partial charge in [-0.3, -0.25) is 0 Å². The first-order valence-corrected chi connectivity index (χ1v) is 8.96. The molecular formula is C18H23ClN6O. The van der Waals surface area contributed by atoms with Crippen molar-refractivity contribution in [2.24, 2.45) is 0 Å². The van der Waals surface area contributed by atoms with Crippen LogP contribution in [0.4, 0.5) is 23.1 Å². The number of nitrogens with one attached hydrogen (secondary N) is 4. The van der Waals surface area contributed by atoms with Crippen LogP contribution in [-0.4, -0.2) is 40.4 Å². The highest BCUT2D eigenvalue weighted by atomic mass is 35.5. The molecule has 1 aromatic carbocycles. The number of hydrogen-bond acceptors (Lipinski definition) is 7. The Bertz CT molecular complexity index is 750. The van der Waals surface area contributed by atoms with E-state index < -0.39 is 6.23 Å². The van der Waals surface area contributed by atoms with E-state index in [2.05, 4.69) is 37.8 Å². The van der Waals surface area contributed by atoms with Crippen LogP contribution in [0.3, 0.4) is 0 Å². The number of aromatic nitrogens is 2. The van der Waals surface area contributed by atoms with Crippen molar-refractivity contribution >= 4 is 34.7 Å². The Morgan fingerprint density at radius 3 is 2.88 bits per heavy atom. The van der Waals surface area contributed by atoms with Gasteiger partial charge in [-0.05, 0) is 37.6 Å². The maximum atomic E-state index is 9.76. The zero-order valence-electron chi connectivity index (χ0n) is 14.4. The Balaban J connectivity index is 1.77. The Morgan fingerprint density at radius 2 is 2.15 bits per heavy atom. The van der Waals surface area contributed by atoms with Crippen molar-refractivity contribution in [2.75, 3.05) is 29.0 Å². The zero-order chi connectivity index (χ0) is 18.4. The standard InChI is InChI=1S/C18H23ClN6O/c1-2-16(26)23-14-7-3-4-8-15(14)24-17-13(19)11-21-18(25-17)22-12-6-5-9-20-10-12/h2-4,7-8,11-12,16,20,23,26H,1,5-6,9-10H2,(H2,21,22,24,25). The van der Waals surface area contributed by atoms with E-state index in [9.17, 15) is 5.11 Å². The van der Waals surface area contributed by atoms with Gasteiger partial charge in [0.15, 0.2) is 5.82 Å². The van der Waals surface area contributed by atoms with Gasteiger partial charge in [-0.15, -0.1) is 0 Å². The molecule has 0 amide bonds. The Kier molecular flexibility index (Phi) is 6.27. The van der Waals surface area contributed by atoms with Crippen molar-refractivity contribution in [1.82, 2.24) is 15.3 Å². The zero-order valence-corrected chi connectivity index (χ0v) is 15.1. The minimum atomic E-state index is -0.852. The summed E-state index contributed by atoms with van der Waals surface area (Å²) in [5.74, 6) is 1.03. The van der Waals surface area contributed by atoms with E-state index in [4.69, 9.17) is 11.6 Å². The molecular weight excluding hydrogens is 352 g/mol. The second-order valence-electron chi connectivity index (χ2n) is 6.07. The summed E-state index contributed by atoms with van der Waals surface area (Å²) in [5.41, 5.74) is 1.44. The van der Waals surface area contributed by atoms with Gasteiger partial charge in [-0.25, -0.2) is 4.98 Å². The molecule has 1 aromatic heterocycles. The van der Waals surface area contributed by atoms with Crippen LogP contribution in [-0.2, 0) is 0 Å². The summed E-state index contributed by atoms with van der Waals surface area (Å²) in [5, 5.41) is 23.0. The fraction of sp³-hybridized carbons (Fsp3) is 0.333. The number of hydrogen-bond donors (Lipinski definition) is 5. The third-order valence-corrected chi connectivity index (χ3v) is 4.36. The van der Waals surface area contributed by atoms with Gasteiger partial charge in [0.2, 0.25) is 5.95 Å². The van der Waals surface area contributed by atoms with E-state index in [1.165, 1.54) is 6.08 Å². The smallest absolute Gasteiger partial charge is 0.224 e. The Morgan fingerprint density at radius 1 is 1.35 bits per heavy atom. The summed E-state index contributed by atoms with van der Waals surface area (Å²) in [7, 11) is 0. The molecule has 2 atom stereocenters. The lowest BCUT2D eigenvalue weighted by Gasteiger charge is -2.24. The summed E-state index contributed by atoms with van der Waals surface area (Å²) in [6.45, 7) is 5.50. The monoisotopic (exact) mass is 374 g/mol. The van der Waals surface area contributed by atoms with Crippen LogP contribution in [0.15, 0.2) is 43.1 Å². The highest BCUT2D eigenvalue weighted by Crippen LogP contribution is 2.29. The van der Waals surface area contributed by atoms with E-state index >= 15 is 0 Å². The lowest BCUT2D eigenvalue weighted by molar-refractivity contribution is 0.253. The normalized spacial score (nSPS) is 18.0. The summed E-state index contributed by atoms with van der Waals surface area (Å²) in [4.78, 5) is 8.77. The van der Waals surface area contributed by atoms with Crippen molar-refractivity contribution in [2.45, 2.75) is 25.1 Å². The molecule has 1 aliphatic rings. The number of anilines is 4. The van der Waals surface area contributed by atoms with Gasteiger partial charge < -0.3 is 26.4 Å². The number of piperidine rings is 1. The first kappa shape index (κ1) is 18.4. The molecule has 1 aliphatic heterocycles. The minimum Gasteiger partial charge on any atom is -0.370 e. The van der Waals surface area contributed by atoms with Crippen molar-refractivity contribution in [3.8, 4) is 0 Å². The molecule has 2 aromatic rings. The molecule has 138 valence electrons. The topological polar surface area (TPSA) is 94.1 Å². The number of para-hydroxylation sites is 2. The van der Waals surface area contributed by atoms with E-state index in [0.29, 0.717) is 28.5 Å². The molecule has 0 radical (unpaired) electrons. The van der Waals surface area contributed by atoms with Crippen LogP contribution < -0.4 is 21.3 Å². The van der Waals surface area contributed by atoms with E-state index in [1.807, 2.05) is 24.3 Å². The molecule has 0 spiro atoms. The van der Waals surface area contributed by atoms with Crippen LogP contribution in [0.5, 0.6) is 0 Å². The lowest BCUT2D eigenvalue weighted by atomic mass is 10.1. The van der Waals surface area contributed by atoms with E-state index in [0.717, 1.165) is 31.6 Å². The molecule has 5 N–H and O–H groups in total. The van der Waals surface area contributed by atoms with Crippen molar-refractivity contribution in [1.29, 1.82) is 0 Å². The average molecular weight is 375 g/mol. The Labute approximate surface area is 157 Å². The number of benzene rings is 1. The van der Waals surface area contributed by atoms with Gasteiger partial charge in [0, 0.05) is 12.6 Å². The molecule has 0 saturated carbocycles. The van der Waals surface area contributed by atoms with Gasteiger partial charge in [0.25, 0.3) is 0 Å². The largest absolute Gasteiger partial charge is 0.370 e. The Hall–Kier alpha value is -2.35. The van der Waals surface area contributed by atoms with Crippen molar-refractivity contribution in [3.05, 3.63) is 48.1 Å². The first-order chi connectivity index (χ1) is 12.7. The maximum absolute atomic E-state index is 9.76. The SMILES string of the molecule is C=CC(O)Nc1ccccc1Nc1nc(NC2CCCNC2)ncc1Cl. The van der Waals surface area contributed by atoms with Crippen LogP contribution in [0, 0.1) is 0 Å². The summed E-state index contributed by atoms with van der Waals surface area (Å²) in [6.07, 6.45) is 4.34.